The van der Waals surface area contributed by atoms with Gasteiger partial charge in [-0.15, -0.1) is 0 Å². The van der Waals surface area contributed by atoms with Crippen LogP contribution >= 0.6 is 23.2 Å². The predicted octanol–water partition coefficient (Wildman–Crippen LogP) is 6.25. The Hall–Kier alpha value is -3.81. The molecule has 2 heterocycles. The lowest BCUT2D eigenvalue weighted by Gasteiger charge is -2.23. The van der Waals surface area contributed by atoms with E-state index < -0.39 is 0 Å². The Morgan fingerprint density at radius 1 is 1.05 bits per heavy atom. The average molecular weight is 535 g/mol. The molecular formula is C28H24Cl2N4O3. The Morgan fingerprint density at radius 3 is 2.54 bits per heavy atom. The summed E-state index contributed by atoms with van der Waals surface area (Å²) in [4.78, 5) is 29.7. The highest BCUT2D eigenvalue weighted by Gasteiger charge is 2.27. The number of hydrogen-bond donors (Lipinski definition) is 0. The van der Waals surface area contributed by atoms with Gasteiger partial charge >= 0.3 is 0 Å². The number of anilines is 1. The van der Waals surface area contributed by atoms with E-state index >= 15 is 0 Å². The number of aromatic nitrogens is 3. The minimum atomic E-state index is -0.365. The van der Waals surface area contributed by atoms with Crippen molar-refractivity contribution in [2.24, 2.45) is 7.05 Å². The summed E-state index contributed by atoms with van der Waals surface area (Å²) in [6, 6.07) is 19.7. The summed E-state index contributed by atoms with van der Waals surface area (Å²) >= 11 is 12.6. The third kappa shape index (κ3) is 4.24. The first kappa shape index (κ1) is 24.9. The number of aryl methyl sites for hydroxylation is 1. The molecule has 0 fully saturated rings. The summed E-state index contributed by atoms with van der Waals surface area (Å²) in [5.74, 6) is 0.134. The van der Waals surface area contributed by atoms with Crippen LogP contribution < -0.4 is 15.2 Å². The smallest absolute Gasteiger partial charge is 0.296 e. The fraction of sp³-hybridized carbons (Fsp3) is 0.179. The minimum absolute atomic E-state index is 0.159. The lowest BCUT2D eigenvalue weighted by Crippen LogP contribution is -2.35. The van der Waals surface area contributed by atoms with E-state index in [2.05, 4.69) is 5.10 Å². The zero-order valence-electron chi connectivity index (χ0n) is 20.5. The highest BCUT2D eigenvalue weighted by Crippen LogP contribution is 2.31. The van der Waals surface area contributed by atoms with Crippen LogP contribution in [0.3, 0.4) is 0 Å². The van der Waals surface area contributed by atoms with Gasteiger partial charge in [-0.25, -0.2) is 0 Å². The van der Waals surface area contributed by atoms with Crippen molar-refractivity contribution in [3.05, 3.63) is 92.8 Å². The Bertz CT molecular complexity index is 1720. The van der Waals surface area contributed by atoms with Gasteiger partial charge in [-0.3, -0.25) is 9.59 Å². The number of nitrogens with zero attached hydrogens (tertiary/aromatic N) is 4. The molecule has 3 aromatic carbocycles. The molecule has 0 bridgehead atoms. The molecule has 188 valence electrons. The molecule has 37 heavy (non-hydrogen) atoms. The van der Waals surface area contributed by atoms with E-state index in [1.165, 1.54) is 11.8 Å². The molecule has 0 atom stereocenters. The number of ether oxygens (including phenoxy) is 1. The number of benzene rings is 3. The monoisotopic (exact) mass is 534 g/mol. The number of rotatable bonds is 6. The molecular weight excluding hydrogens is 511 g/mol. The van der Waals surface area contributed by atoms with Crippen molar-refractivity contribution in [1.82, 2.24) is 14.3 Å². The van der Waals surface area contributed by atoms with E-state index in [4.69, 9.17) is 27.9 Å². The number of carbonyl (C=O) groups is 1. The van der Waals surface area contributed by atoms with Gasteiger partial charge in [-0.2, -0.15) is 9.78 Å². The van der Waals surface area contributed by atoms with Crippen LogP contribution in [0.25, 0.3) is 27.5 Å². The first-order valence-electron chi connectivity index (χ1n) is 11.8. The molecule has 0 unspecified atom stereocenters. The van der Waals surface area contributed by atoms with Crippen molar-refractivity contribution in [3.63, 3.8) is 0 Å². The van der Waals surface area contributed by atoms with Gasteiger partial charge in [0.2, 0.25) is 0 Å². The van der Waals surface area contributed by atoms with Crippen molar-refractivity contribution in [2.75, 3.05) is 18.6 Å². The standard InChI is InChI=1S/C28H24Cl2N4O3/c1-4-14-33(18-9-7-8-17(29)15-18)27(35)25-24-20-10-5-6-11-22(20)32(2)26(24)28(36)34(31-25)19-12-13-23(37-3)21(30)16-19/h5-13,15-16H,4,14H2,1-3H3. The van der Waals surface area contributed by atoms with Crippen LogP contribution in [0.15, 0.2) is 71.5 Å². The normalized spacial score (nSPS) is 11.3. The van der Waals surface area contributed by atoms with Crippen molar-refractivity contribution in [1.29, 1.82) is 0 Å². The number of amides is 1. The van der Waals surface area contributed by atoms with Crippen molar-refractivity contribution >= 4 is 56.6 Å². The lowest BCUT2D eigenvalue weighted by molar-refractivity contribution is 0.0982. The second-order valence-electron chi connectivity index (χ2n) is 8.62. The number of para-hydroxylation sites is 1. The summed E-state index contributed by atoms with van der Waals surface area (Å²) in [5, 5.41) is 6.77. The van der Waals surface area contributed by atoms with Crippen molar-refractivity contribution in [2.45, 2.75) is 13.3 Å². The summed E-state index contributed by atoms with van der Waals surface area (Å²) < 4.78 is 8.29. The zero-order valence-corrected chi connectivity index (χ0v) is 22.0. The molecule has 0 aliphatic heterocycles. The molecule has 5 rings (SSSR count). The lowest BCUT2D eigenvalue weighted by atomic mass is 10.1. The Labute approximate surface area is 223 Å². The fourth-order valence-electron chi connectivity index (χ4n) is 4.63. The van der Waals surface area contributed by atoms with Crippen LogP contribution in [-0.4, -0.2) is 33.9 Å². The first-order chi connectivity index (χ1) is 17.8. The summed E-state index contributed by atoms with van der Waals surface area (Å²) in [7, 11) is 3.33. The molecule has 0 N–H and O–H groups in total. The van der Waals surface area contributed by atoms with E-state index in [1.807, 2.05) is 44.3 Å². The quantitative estimate of drug-likeness (QED) is 0.258. The molecule has 9 heteroatoms. The van der Waals surface area contributed by atoms with Gasteiger partial charge in [0.15, 0.2) is 5.69 Å². The molecule has 0 spiro atoms. The van der Waals surface area contributed by atoms with E-state index in [-0.39, 0.29) is 17.2 Å². The van der Waals surface area contributed by atoms with Gasteiger partial charge < -0.3 is 14.2 Å². The number of carbonyl (C=O) groups excluding carboxylic acids is 1. The van der Waals surface area contributed by atoms with Gasteiger partial charge in [0.1, 0.15) is 11.3 Å². The van der Waals surface area contributed by atoms with E-state index in [1.54, 1.807) is 45.9 Å². The number of hydrogen-bond acceptors (Lipinski definition) is 4. The molecule has 0 saturated carbocycles. The molecule has 0 aliphatic rings. The topological polar surface area (TPSA) is 69.4 Å². The third-order valence-corrected chi connectivity index (χ3v) is 6.86. The summed E-state index contributed by atoms with van der Waals surface area (Å²) in [5.41, 5.74) is 2.06. The second kappa shape index (κ2) is 9.92. The fourth-order valence-corrected chi connectivity index (χ4v) is 5.07. The molecule has 2 aromatic heterocycles. The van der Waals surface area contributed by atoms with Crippen LogP contribution in [0.5, 0.6) is 5.75 Å². The number of methoxy groups -OCH3 is 1. The Balaban J connectivity index is 1.84. The first-order valence-corrected chi connectivity index (χ1v) is 12.5. The van der Waals surface area contributed by atoms with Crippen LogP contribution in [0.4, 0.5) is 5.69 Å². The second-order valence-corrected chi connectivity index (χ2v) is 9.46. The van der Waals surface area contributed by atoms with E-state index in [0.717, 1.165) is 10.9 Å². The van der Waals surface area contributed by atoms with Gasteiger partial charge in [-0.1, -0.05) is 54.4 Å². The molecule has 5 aromatic rings. The van der Waals surface area contributed by atoms with Gasteiger partial charge in [0.25, 0.3) is 11.5 Å². The maximum Gasteiger partial charge on any atom is 0.296 e. The summed E-state index contributed by atoms with van der Waals surface area (Å²) in [6.45, 7) is 2.44. The van der Waals surface area contributed by atoms with Crippen molar-refractivity contribution < 1.29 is 9.53 Å². The molecule has 7 nitrogen and oxygen atoms in total. The molecule has 0 saturated heterocycles. The van der Waals surface area contributed by atoms with Gasteiger partial charge in [0.05, 0.1) is 17.8 Å². The van der Waals surface area contributed by atoms with E-state index in [9.17, 15) is 9.59 Å². The highest BCUT2D eigenvalue weighted by molar-refractivity contribution is 6.32. The van der Waals surface area contributed by atoms with Crippen LogP contribution in [0.2, 0.25) is 10.0 Å². The maximum atomic E-state index is 14.2. The van der Waals surface area contributed by atoms with Gasteiger partial charge in [-0.05, 0) is 48.9 Å². The SMILES string of the molecule is CCCN(C(=O)c1nn(-c2ccc(OC)c(Cl)c2)c(=O)c2c1c1ccccc1n2C)c1cccc(Cl)c1. The number of fused-ring (bicyclic) bond motifs is 3. The molecule has 1 amide bonds. The highest BCUT2D eigenvalue weighted by atomic mass is 35.5. The van der Waals surface area contributed by atoms with Gasteiger partial charge in [0, 0.05) is 40.6 Å². The van der Waals surface area contributed by atoms with Crippen LogP contribution in [0.1, 0.15) is 23.8 Å². The number of halogens is 2. The Kier molecular flexibility index (Phi) is 6.67. The van der Waals surface area contributed by atoms with E-state index in [0.29, 0.717) is 51.0 Å². The zero-order chi connectivity index (χ0) is 26.3. The van der Waals surface area contributed by atoms with Crippen LogP contribution in [0, 0.1) is 0 Å². The minimum Gasteiger partial charge on any atom is -0.495 e. The average Bonchev–Trinajstić information content (AvgIpc) is 3.20. The van der Waals surface area contributed by atoms with Crippen molar-refractivity contribution in [3.8, 4) is 11.4 Å². The Morgan fingerprint density at radius 2 is 1.84 bits per heavy atom. The largest absolute Gasteiger partial charge is 0.495 e. The predicted molar refractivity (Wildman–Crippen MR) is 149 cm³/mol. The maximum absolute atomic E-state index is 14.2. The molecule has 0 aliphatic carbocycles. The summed E-state index contributed by atoms with van der Waals surface area (Å²) in [6.07, 6.45) is 0.713. The third-order valence-electron chi connectivity index (χ3n) is 6.33. The van der Waals surface area contributed by atoms with Crippen LogP contribution in [-0.2, 0) is 7.05 Å². The molecule has 0 radical (unpaired) electrons.